The highest BCUT2D eigenvalue weighted by Crippen LogP contribution is 2.44. The van der Waals surface area contributed by atoms with Gasteiger partial charge in [-0.05, 0) is 76.8 Å². The number of nitrogens with zero attached hydrogens (tertiary/aromatic N) is 20. The number of fused-ring (bicyclic) bond motifs is 3. The molecule has 0 spiro atoms. The highest BCUT2D eigenvalue weighted by atomic mass is 16.3. The van der Waals surface area contributed by atoms with E-state index in [1.807, 2.05) is 18.2 Å². The minimum atomic E-state index is -0.927. The Bertz CT molecular complexity index is 4870. The third kappa shape index (κ3) is 11.2. The van der Waals surface area contributed by atoms with E-state index in [0.717, 1.165) is 0 Å². The number of benzene rings is 7. The third-order valence-corrected chi connectivity index (χ3v) is 14.1. The van der Waals surface area contributed by atoms with Crippen molar-refractivity contribution >= 4 is 102 Å². The summed E-state index contributed by atoms with van der Waals surface area (Å²) >= 11 is 0. The zero-order valence-electron chi connectivity index (χ0n) is 47.4. The van der Waals surface area contributed by atoms with E-state index in [9.17, 15) is 45.5 Å². The van der Waals surface area contributed by atoms with E-state index in [1.54, 1.807) is 103 Å². The largest absolute Gasteiger partial charge is 0.505 e. The number of nitrogens with one attached hydrogen (secondary N) is 3. The molecule has 0 saturated heterocycles. The van der Waals surface area contributed by atoms with Gasteiger partial charge in [0.25, 0.3) is 29.6 Å². The normalized spacial score (nSPS) is 11.3. The van der Waals surface area contributed by atoms with Gasteiger partial charge in [-0.25, -0.2) is 24.9 Å². The summed E-state index contributed by atoms with van der Waals surface area (Å²) in [6, 6.07) is 42.6. The molecule has 3 amide bonds. The number of aromatic hydroxyl groups is 3. The van der Waals surface area contributed by atoms with Crippen molar-refractivity contribution in [3.05, 3.63) is 222 Å². The van der Waals surface area contributed by atoms with E-state index in [2.05, 4.69) is 86.9 Å². The third-order valence-electron chi connectivity index (χ3n) is 14.1. The number of amides is 3. The van der Waals surface area contributed by atoms with Crippen molar-refractivity contribution in [2.24, 2.45) is 30.7 Å². The fraction of sp³-hybridized carbons (Fsp3) is 0. The molecule has 93 heavy (non-hydrogen) atoms. The van der Waals surface area contributed by atoms with Crippen molar-refractivity contribution in [3.8, 4) is 53.2 Å². The van der Waals surface area contributed by atoms with Gasteiger partial charge >= 0.3 is 0 Å². The monoisotopic (exact) mass is 1220 g/mol. The summed E-state index contributed by atoms with van der Waals surface area (Å²) in [6.07, 6.45) is 11.2. The highest BCUT2D eigenvalue weighted by Gasteiger charge is 2.26. The topological polar surface area (TPSA) is 411 Å². The van der Waals surface area contributed by atoms with Crippen molar-refractivity contribution in [1.29, 1.82) is 15.8 Å². The first kappa shape index (κ1) is 57.4. The summed E-state index contributed by atoms with van der Waals surface area (Å²) in [6.45, 7) is 0. The minimum Gasteiger partial charge on any atom is -0.505 e. The lowest BCUT2D eigenvalue weighted by atomic mass is 10.0. The number of anilines is 3. The molecule has 0 radical (unpaired) electrons. The molecule has 0 bridgehead atoms. The van der Waals surface area contributed by atoms with Gasteiger partial charge in [0.05, 0.1) is 35.3 Å². The SMILES string of the molecule is N#Cc1cnn(-c2ccccn2)c1N=Nc1c(O)c(C(=O)Nc2cc(NC(=O)c3cc4ccccc4c(N=Nc4c(C#N)cnn4-c4ncccn4)c3O)cc(NC(=O)c3cc4ccccc4c(N=Nc4c(C#N)cnn4-c4ncccn4)c3O)c2)cc2ccccc12. The molecule has 0 aliphatic heterocycles. The Balaban J connectivity index is 0.885. The molecule has 444 valence electrons. The number of azo groups is 3. The van der Waals surface area contributed by atoms with E-state index in [-0.39, 0.29) is 96.9 Å². The Hall–Kier alpha value is -14.7. The first-order valence-corrected chi connectivity index (χ1v) is 27.5. The molecule has 0 saturated carbocycles. The zero-order valence-corrected chi connectivity index (χ0v) is 47.4. The number of hydrogen-bond acceptors (Lipinski definition) is 23. The van der Waals surface area contributed by atoms with Crippen LogP contribution in [0.1, 0.15) is 47.8 Å². The van der Waals surface area contributed by atoms with Gasteiger partial charge in [-0.2, -0.15) is 45.1 Å². The van der Waals surface area contributed by atoms with Gasteiger partial charge in [0.15, 0.2) is 40.5 Å². The average Bonchev–Trinajstić information content (AvgIpc) is 1.64. The molecule has 0 unspecified atom stereocenters. The van der Waals surface area contributed by atoms with Crippen molar-refractivity contribution in [3.63, 3.8) is 0 Å². The number of carbonyl (C=O) groups is 3. The standard InChI is InChI=1S/C64H37N23O6/c65-29-38-32-73-85(50-17-7-8-18-68-50)57(38)82-79-51-44-14-4-1-11-35(44)23-47(54(51)88)60(91)76-41-26-42(77-61(92)48-24-36-12-2-5-15-45(36)52(55(48)89)80-83-58-39(30-66)33-74-86(58)63-69-19-9-20-70-63)28-43(27-41)78-62(93)49-25-37-13-3-6-16-46(37)53(56(49)90)81-84-59-40(31-67)34-75-87(59)64-71-21-10-22-72-64/h1-28,32-34,88-90H,(H,76,91)(H,77,92)(H,78,93). The molecule has 6 heterocycles. The molecule has 6 N–H and O–H groups in total. The van der Waals surface area contributed by atoms with Gasteiger partial charge in [-0.15, -0.1) is 30.7 Å². The molecule has 0 fully saturated rings. The molecule has 0 atom stereocenters. The maximum absolute atomic E-state index is 14.8. The van der Waals surface area contributed by atoms with Crippen LogP contribution < -0.4 is 16.0 Å². The number of phenols is 3. The first-order valence-electron chi connectivity index (χ1n) is 27.5. The van der Waals surface area contributed by atoms with Crippen LogP contribution in [0.3, 0.4) is 0 Å². The fourth-order valence-electron chi connectivity index (χ4n) is 9.80. The summed E-state index contributed by atoms with van der Waals surface area (Å²) in [5.74, 6) is -4.41. The number of rotatable bonds is 15. The Kier molecular flexibility index (Phi) is 15.2. The van der Waals surface area contributed by atoms with Gasteiger partial charge < -0.3 is 31.3 Å². The summed E-state index contributed by atoms with van der Waals surface area (Å²) < 4.78 is 3.65. The molecule has 7 aromatic carbocycles. The van der Waals surface area contributed by atoms with Crippen LogP contribution in [0.15, 0.2) is 220 Å². The highest BCUT2D eigenvalue weighted by molar-refractivity contribution is 6.16. The lowest BCUT2D eigenvalue weighted by Gasteiger charge is -2.16. The molecule has 13 aromatic rings. The van der Waals surface area contributed by atoms with Crippen LogP contribution in [0, 0.1) is 34.0 Å². The molecule has 6 aromatic heterocycles. The van der Waals surface area contributed by atoms with Crippen LogP contribution in [0.4, 0.5) is 51.6 Å². The first-order chi connectivity index (χ1) is 45.5. The van der Waals surface area contributed by atoms with E-state index < -0.39 is 35.0 Å². The summed E-state index contributed by atoms with van der Waals surface area (Å²) in [7, 11) is 0. The van der Waals surface area contributed by atoms with Crippen molar-refractivity contribution in [2.45, 2.75) is 0 Å². The van der Waals surface area contributed by atoms with Crippen molar-refractivity contribution in [2.75, 3.05) is 16.0 Å². The number of nitriles is 3. The average molecular weight is 1220 g/mol. The van der Waals surface area contributed by atoms with Crippen LogP contribution in [0.5, 0.6) is 17.2 Å². The Morgan fingerprint density at radius 2 is 0.710 bits per heavy atom. The molecular formula is C64H37N23O6. The summed E-state index contributed by atoms with van der Waals surface area (Å²) in [5.41, 5.74) is -1.70. The summed E-state index contributed by atoms with van der Waals surface area (Å²) in [4.78, 5) is 65.3. The van der Waals surface area contributed by atoms with Gasteiger partial charge in [0.1, 0.15) is 52.0 Å². The van der Waals surface area contributed by atoms with Crippen LogP contribution in [0.2, 0.25) is 0 Å². The van der Waals surface area contributed by atoms with E-state index in [1.165, 1.54) is 100 Å². The Morgan fingerprint density at radius 1 is 0.387 bits per heavy atom. The maximum atomic E-state index is 14.8. The smallest absolute Gasteiger partial charge is 0.259 e. The molecule has 0 aliphatic rings. The fourth-order valence-corrected chi connectivity index (χ4v) is 9.80. The van der Waals surface area contributed by atoms with Crippen LogP contribution >= 0.6 is 0 Å². The van der Waals surface area contributed by atoms with E-state index in [0.29, 0.717) is 38.1 Å². The van der Waals surface area contributed by atoms with E-state index in [4.69, 9.17) is 0 Å². The number of hydrogen-bond donors (Lipinski definition) is 6. The van der Waals surface area contributed by atoms with Gasteiger partial charge in [0.2, 0.25) is 0 Å². The molecule has 13 rings (SSSR count). The van der Waals surface area contributed by atoms with Gasteiger partial charge in [0, 0.05) is 64.2 Å². The predicted octanol–water partition coefficient (Wildman–Crippen LogP) is 12.4. The number of aromatic nitrogens is 11. The number of pyridine rings is 1. The van der Waals surface area contributed by atoms with Gasteiger partial charge in [-0.3, -0.25) is 14.4 Å². The Morgan fingerprint density at radius 3 is 1.05 bits per heavy atom. The van der Waals surface area contributed by atoms with Crippen molar-refractivity contribution in [1.82, 2.24) is 54.3 Å². The Labute approximate surface area is 521 Å². The zero-order chi connectivity index (χ0) is 64.1. The van der Waals surface area contributed by atoms with Crippen molar-refractivity contribution < 1.29 is 29.7 Å². The minimum absolute atomic E-state index is 0.00642. The van der Waals surface area contributed by atoms with Crippen LogP contribution in [-0.4, -0.2) is 87.3 Å². The predicted molar refractivity (Wildman–Crippen MR) is 333 cm³/mol. The lowest BCUT2D eigenvalue weighted by molar-refractivity contribution is 0.101. The maximum Gasteiger partial charge on any atom is 0.259 e. The van der Waals surface area contributed by atoms with Crippen LogP contribution in [0.25, 0.3) is 50.0 Å². The lowest BCUT2D eigenvalue weighted by Crippen LogP contribution is -2.16. The van der Waals surface area contributed by atoms with E-state index >= 15 is 0 Å². The molecule has 0 aliphatic carbocycles. The second-order valence-electron chi connectivity index (χ2n) is 19.8. The quantitative estimate of drug-likeness (QED) is 0.0519. The second kappa shape index (κ2) is 24.6. The number of phenolic OH excluding ortho intramolecular Hbond substituents is 3. The van der Waals surface area contributed by atoms with Gasteiger partial charge in [-0.1, -0.05) is 78.9 Å². The molecule has 29 heteroatoms. The summed E-state index contributed by atoms with van der Waals surface area (Å²) in [5, 5.41) is 115. The molecular weight excluding hydrogens is 1190 g/mol. The molecule has 29 nitrogen and oxygen atoms in total. The number of carbonyl (C=O) groups excluding carboxylic acids is 3. The van der Waals surface area contributed by atoms with Crippen LogP contribution in [-0.2, 0) is 0 Å². The second-order valence-corrected chi connectivity index (χ2v) is 19.8.